The van der Waals surface area contributed by atoms with Crippen LogP contribution in [0, 0.1) is 11.3 Å². The second kappa shape index (κ2) is 10.8. The molecule has 2 N–H and O–H groups in total. The number of rotatable bonds is 9. The number of nitrogens with one attached hydrogen (secondary N) is 2. The van der Waals surface area contributed by atoms with Gasteiger partial charge in [-0.2, -0.15) is 14.0 Å². The number of alkyl halides is 2. The third-order valence-corrected chi connectivity index (χ3v) is 5.30. The van der Waals surface area contributed by atoms with Crippen LogP contribution in [0.5, 0.6) is 0 Å². The second-order valence-electron chi connectivity index (χ2n) is 7.56. The van der Waals surface area contributed by atoms with E-state index in [1.165, 1.54) is 41.5 Å². The summed E-state index contributed by atoms with van der Waals surface area (Å²) in [6, 6.07) is 14.1. The molecule has 0 aliphatic carbocycles. The first kappa shape index (κ1) is 24.6. The third kappa shape index (κ3) is 5.94. The summed E-state index contributed by atoms with van der Waals surface area (Å²) in [4.78, 5) is 20.6. The van der Waals surface area contributed by atoms with Gasteiger partial charge in [0.25, 0.3) is 0 Å². The summed E-state index contributed by atoms with van der Waals surface area (Å²) in [5, 5.41) is 26.2. The molecule has 0 aliphatic rings. The molecule has 0 unspecified atom stereocenters. The van der Waals surface area contributed by atoms with Crippen molar-refractivity contribution in [2.45, 2.75) is 18.9 Å². The van der Waals surface area contributed by atoms with Gasteiger partial charge in [-0.25, -0.2) is 9.67 Å². The molecule has 13 heteroatoms. The molecule has 36 heavy (non-hydrogen) atoms. The predicted octanol–water partition coefficient (Wildman–Crippen LogP) is 3.04. The molecule has 10 nitrogen and oxygen atoms in total. The van der Waals surface area contributed by atoms with E-state index in [4.69, 9.17) is 11.6 Å². The Morgan fingerprint density at radius 2 is 2.06 bits per heavy atom. The van der Waals surface area contributed by atoms with Crippen molar-refractivity contribution in [1.29, 1.82) is 5.26 Å². The molecule has 0 bridgehead atoms. The van der Waals surface area contributed by atoms with Crippen LogP contribution >= 0.6 is 11.6 Å². The molecule has 0 atom stereocenters. The zero-order chi connectivity index (χ0) is 25.5. The van der Waals surface area contributed by atoms with Crippen LogP contribution in [-0.2, 0) is 23.7 Å². The topological polar surface area (TPSA) is 134 Å². The molecule has 0 saturated carbocycles. The highest BCUT2D eigenvalue weighted by Crippen LogP contribution is 2.26. The lowest BCUT2D eigenvalue weighted by atomic mass is 10.1. The van der Waals surface area contributed by atoms with Crippen molar-refractivity contribution < 1.29 is 13.6 Å². The van der Waals surface area contributed by atoms with Crippen LogP contribution in [0.1, 0.15) is 22.5 Å². The van der Waals surface area contributed by atoms with Gasteiger partial charge in [0.1, 0.15) is 23.9 Å². The van der Waals surface area contributed by atoms with Crippen molar-refractivity contribution in [3.63, 3.8) is 0 Å². The first-order valence-electron chi connectivity index (χ1n) is 10.6. The minimum atomic E-state index is -3.25. The molecule has 1 amide bonds. The van der Waals surface area contributed by atoms with Gasteiger partial charge in [-0.3, -0.25) is 9.78 Å². The van der Waals surface area contributed by atoms with Crippen LogP contribution in [0.3, 0.4) is 0 Å². The smallest absolute Gasteiger partial charge is 0.306 e. The quantitative estimate of drug-likeness (QED) is 0.351. The number of carbonyl (C=O) groups excluding carboxylic acids is 1. The number of amides is 1. The number of hydrogen-bond donors (Lipinski definition) is 2. The van der Waals surface area contributed by atoms with E-state index in [0.29, 0.717) is 16.3 Å². The van der Waals surface area contributed by atoms with Crippen LogP contribution in [0.15, 0.2) is 61.1 Å². The number of anilines is 1. The minimum absolute atomic E-state index is 0.100. The van der Waals surface area contributed by atoms with Gasteiger partial charge in [-0.15, -0.1) is 5.10 Å². The lowest BCUT2D eigenvalue weighted by Crippen LogP contribution is -2.27. The Morgan fingerprint density at radius 3 is 2.78 bits per heavy atom. The Balaban J connectivity index is 1.43. The fraction of sp³-hybridized carbons (Fsp3) is 0.174. The van der Waals surface area contributed by atoms with E-state index in [0.717, 1.165) is 0 Å². The maximum absolute atomic E-state index is 14.4. The second-order valence-corrected chi connectivity index (χ2v) is 7.99. The third-order valence-electron chi connectivity index (χ3n) is 5.07. The molecular weight excluding hydrogens is 492 g/mol. The van der Waals surface area contributed by atoms with Gasteiger partial charge >= 0.3 is 5.92 Å². The van der Waals surface area contributed by atoms with E-state index in [2.05, 4.69) is 36.1 Å². The van der Waals surface area contributed by atoms with Crippen molar-refractivity contribution in [2.75, 3.05) is 11.9 Å². The van der Waals surface area contributed by atoms with Crippen molar-refractivity contribution in [1.82, 2.24) is 35.5 Å². The SMILES string of the molecule is N#Cc1ccc(NCC(F)(F)c2ccccn2)nc1CC(=O)NCc1cc(Cl)ccc1-n1cnnn1. The van der Waals surface area contributed by atoms with E-state index in [1.54, 1.807) is 24.3 Å². The van der Waals surface area contributed by atoms with Gasteiger partial charge < -0.3 is 10.6 Å². The number of pyridine rings is 2. The van der Waals surface area contributed by atoms with E-state index >= 15 is 0 Å². The van der Waals surface area contributed by atoms with Crippen LogP contribution in [0.4, 0.5) is 14.6 Å². The first-order valence-corrected chi connectivity index (χ1v) is 11.0. The van der Waals surface area contributed by atoms with Crippen LogP contribution in [0.25, 0.3) is 5.69 Å². The maximum atomic E-state index is 14.4. The fourth-order valence-corrected chi connectivity index (χ4v) is 3.50. The fourth-order valence-electron chi connectivity index (χ4n) is 3.31. The van der Waals surface area contributed by atoms with E-state index in [-0.39, 0.29) is 35.7 Å². The molecular formula is C23H18ClF2N9O. The molecule has 4 rings (SSSR count). The highest BCUT2D eigenvalue weighted by molar-refractivity contribution is 6.30. The summed E-state index contributed by atoms with van der Waals surface area (Å²) >= 11 is 6.10. The number of nitriles is 1. The number of tetrazole rings is 1. The monoisotopic (exact) mass is 509 g/mol. The molecule has 4 aromatic rings. The number of benzene rings is 1. The van der Waals surface area contributed by atoms with Crippen LogP contribution in [-0.4, -0.2) is 42.6 Å². The molecule has 1 aromatic carbocycles. The molecule has 3 heterocycles. The van der Waals surface area contributed by atoms with Crippen molar-refractivity contribution in [3.05, 3.63) is 88.6 Å². The summed E-state index contributed by atoms with van der Waals surface area (Å²) in [6.07, 6.45) is 2.46. The van der Waals surface area contributed by atoms with Crippen molar-refractivity contribution >= 4 is 23.3 Å². The van der Waals surface area contributed by atoms with Gasteiger partial charge in [-0.1, -0.05) is 17.7 Å². The number of aromatic nitrogens is 6. The van der Waals surface area contributed by atoms with Gasteiger partial charge in [0.2, 0.25) is 5.91 Å². The Labute approximate surface area is 209 Å². The number of hydrogen-bond acceptors (Lipinski definition) is 8. The van der Waals surface area contributed by atoms with Crippen molar-refractivity contribution in [3.8, 4) is 11.8 Å². The number of nitrogens with zero attached hydrogens (tertiary/aromatic N) is 7. The summed E-state index contributed by atoms with van der Waals surface area (Å²) in [6.45, 7) is -0.659. The zero-order valence-corrected chi connectivity index (χ0v) is 19.3. The predicted molar refractivity (Wildman–Crippen MR) is 125 cm³/mol. The summed E-state index contributed by atoms with van der Waals surface area (Å²) in [5.41, 5.74) is 1.20. The van der Waals surface area contributed by atoms with Crippen LogP contribution < -0.4 is 10.6 Å². The highest BCUT2D eigenvalue weighted by Gasteiger charge is 2.32. The molecule has 182 valence electrons. The molecule has 0 fully saturated rings. The van der Waals surface area contributed by atoms with E-state index in [1.807, 2.05) is 6.07 Å². The van der Waals surface area contributed by atoms with Gasteiger partial charge in [-0.05, 0) is 58.5 Å². The molecule has 0 radical (unpaired) electrons. The largest absolute Gasteiger partial charge is 0.364 e. The Hall–Kier alpha value is -4.50. The van der Waals surface area contributed by atoms with Crippen molar-refractivity contribution in [2.24, 2.45) is 0 Å². The highest BCUT2D eigenvalue weighted by atomic mass is 35.5. The summed E-state index contributed by atoms with van der Waals surface area (Å²) < 4.78 is 30.3. The lowest BCUT2D eigenvalue weighted by molar-refractivity contribution is -0.120. The Bertz CT molecular complexity index is 1390. The standard InChI is InChI=1S/C23H18ClF2N9O/c24-17-5-6-19(35-14-31-33-34-35)16(9-17)12-29-22(36)10-18-15(11-27)4-7-21(32-18)30-13-23(25,26)20-3-1-2-8-28-20/h1-9,14H,10,12-13H2,(H,29,36)(H,30,32). The Morgan fingerprint density at radius 1 is 1.19 bits per heavy atom. The van der Waals surface area contributed by atoms with Gasteiger partial charge in [0, 0.05) is 17.8 Å². The molecule has 0 aliphatic heterocycles. The zero-order valence-electron chi connectivity index (χ0n) is 18.6. The molecule has 0 saturated heterocycles. The number of carbonyl (C=O) groups is 1. The summed E-state index contributed by atoms with van der Waals surface area (Å²) in [5.74, 6) is -3.58. The number of halogens is 3. The van der Waals surface area contributed by atoms with E-state index in [9.17, 15) is 18.8 Å². The average molecular weight is 510 g/mol. The Kier molecular flexibility index (Phi) is 7.41. The maximum Gasteiger partial charge on any atom is 0.306 e. The normalized spacial score (nSPS) is 11.1. The lowest BCUT2D eigenvalue weighted by Gasteiger charge is -2.17. The van der Waals surface area contributed by atoms with Gasteiger partial charge in [0.15, 0.2) is 0 Å². The first-order chi connectivity index (χ1) is 17.4. The average Bonchev–Trinajstić information content (AvgIpc) is 3.42. The summed E-state index contributed by atoms with van der Waals surface area (Å²) in [7, 11) is 0. The minimum Gasteiger partial charge on any atom is -0.364 e. The van der Waals surface area contributed by atoms with Gasteiger partial charge in [0.05, 0.1) is 29.9 Å². The molecule has 3 aromatic heterocycles. The van der Waals surface area contributed by atoms with E-state index < -0.39 is 18.4 Å². The molecule has 0 spiro atoms. The van der Waals surface area contributed by atoms with Crippen LogP contribution in [0.2, 0.25) is 5.02 Å².